The van der Waals surface area contributed by atoms with Crippen molar-refractivity contribution in [3.8, 4) is 11.5 Å². The molecule has 0 N–H and O–H groups in total. The molecule has 0 atom stereocenters. The summed E-state index contributed by atoms with van der Waals surface area (Å²) in [4.78, 5) is 25.1. The lowest BCUT2D eigenvalue weighted by Crippen LogP contribution is -2.38. The van der Waals surface area contributed by atoms with Crippen LogP contribution in [-0.2, 0) is 13.1 Å². The molecule has 5 nitrogen and oxygen atoms in total. The molecule has 0 aliphatic heterocycles. The Labute approximate surface area is 201 Å². The van der Waals surface area contributed by atoms with Crippen molar-refractivity contribution in [2.75, 3.05) is 0 Å². The zero-order chi connectivity index (χ0) is 23.2. The molecule has 0 aliphatic rings. The number of pyridine rings is 2. The number of Topliss-reactive ketones (excluding diaryl/α,β-unsaturated/α-hetero) is 2. The predicted octanol–water partition coefficient (Wildman–Crippen LogP) is 5.13. The molecule has 0 amide bonds. The molecule has 7 heteroatoms. The second-order valence-corrected chi connectivity index (χ2v) is 8.07. The molecule has 0 saturated heterocycles. The van der Waals surface area contributed by atoms with Gasteiger partial charge in [-0.25, -0.2) is 0 Å². The SMILES string of the molecule is O=C(C[n+]1ccccc1Cl)c1ccc(Oc2ccc(C(=O)C[n+]3ccccc3Cl)cc2)cc1. The van der Waals surface area contributed by atoms with E-state index in [0.717, 1.165) is 0 Å². The van der Waals surface area contributed by atoms with Gasteiger partial charge in [0.1, 0.15) is 11.5 Å². The summed E-state index contributed by atoms with van der Waals surface area (Å²) >= 11 is 12.2. The van der Waals surface area contributed by atoms with Gasteiger partial charge in [0, 0.05) is 35.4 Å². The average molecular weight is 479 g/mol. The van der Waals surface area contributed by atoms with Gasteiger partial charge in [-0.2, -0.15) is 9.13 Å². The largest absolute Gasteiger partial charge is 0.457 e. The molecule has 0 spiro atoms. The van der Waals surface area contributed by atoms with Crippen molar-refractivity contribution in [2.45, 2.75) is 13.1 Å². The van der Waals surface area contributed by atoms with E-state index < -0.39 is 0 Å². The summed E-state index contributed by atoms with van der Waals surface area (Å²) in [5.74, 6) is 1.06. The second kappa shape index (κ2) is 10.4. The fourth-order valence-electron chi connectivity index (χ4n) is 3.21. The molecule has 0 radical (unpaired) electrons. The lowest BCUT2D eigenvalue weighted by Gasteiger charge is -2.07. The Kier molecular flexibility index (Phi) is 7.13. The van der Waals surface area contributed by atoms with E-state index in [1.807, 2.05) is 24.3 Å². The summed E-state index contributed by atoms with van der Waals surface area (Å²) in [6, 6.07) is 24.6. The Hall–Kier alpha value is -3.54. The van der Waals surface area contributed by atoms with Crippen LogP contribution in [0, 0.1) is 0 Å². The Bertz CT molecular complexity index is 1190. The number of halogens is 2. The van der Waals surface area contributed by atoms with Gasteiger partial charge >= 0.3 is 0 Å². The summed E-state index contributed by atoms with van der Waals surface area (Å²) < 4.78 is 9.21. The Morgan fingerprint density at radius 2 is 1.00 bits per heavy atom. The van der Waals surface area contributed by atoms with Gasteiger partial charge < -0.3 is 4.74 Å². The number of benzene rings is 2. The van der Waals surface area contributed by atoms with Gasteiger partial charge in [-0.1, -0.05) is 0 Å². The third-order valence-electron chi connectivity index (χ3n) is 4.99. The van der Waals surface area contributed by atoms with Crippen LogP contribution in [0.25, 0.3) is 0 Å². The molecule has 2 aromatic carbocycles. The van der Waals surface area contributed by atoms with E-state index in [4.69, 9.17) is 27.9 Å². The van der Waals surface area contributed by atoms with Crippen molar-refractivity contribution in [3.05, 3.63) is 119 Å². The minimum atomic E-state index is -0.0566. The minimum Gasteiger partial charge on any atom is -0.457 e. The summed E-state index contributed by atoms with van der Waals surface area (Å²) in [5, 5.41) is 0.997. The maximum atomic E-state index is 12.5. The Morgan fingerprint density at radius 1 is 0.606 bits per heavy atom. The quantitative estimate of drug-likeness (QED) is 0.200. The van der Waals surface area contributed by atoms with E-state index in [0.29, 0.717) is 32.9 Å². The molecule has 0 unspecified atom stereocenters. The second-order valence-electron chi connectivity index (χ2n) is 7.30. The summed E-state index contributed by atoms with van der Waals surface area (Å²) in [5.41, 5.74) is 1.13. The first-order chi connectivity index (χ1) is 16.0. The summed E-state index contributed by atoms with van der Waals surface area (Å²) in [7, 11) is 0. The zero-order valence-corrected chi connectivity index (χ0v) is 19.0. The number of nitrogens with zero attached hydrogens (tertiary/aromatic N) is 2. The topological polar surface area (TPSA) is 51.1 Å². The normalized spacial score (nSPS) is 10.6. The zero-order valence-electron chi connectivity index (χ0n) is 17.5. The third-order valence-corrected chi connectivity index (χ3v) is 5.67. The molecule has 4 rings (SSSR count). The van der Waals surface area contributed by atoms with Gasteiger partial charge in [-0.05, 0) is 83.9 Å². The molecule has 33 heavy (non-hydrogen) atoms. The lowest BCUT2D eigenvalue weighted by molar-refractivity contribution is -0.681. The van der Waals surface area contributed by atoms with Crippen molar-refractivity contribution in [2.24, 2.45) is 0 Å². The average Bonchev–Trinajstić information content (AvgIpc) is 2.83. The first kappa shape index (κ1) is 22.6. The lowest BCUT2D eigenvalue weighted by atomic mass is 10.1. The molecule has 2 aromatic heterocycles. The van der Waals surface area contributed by atoms with Crippen molar-refractivity contribution in [1.29, 1.82) is 0 Å². The maximum absolute atomic E-state index is 12.5. The predicted molar refractivity (Wildman–Crippen MR) is 125 cm³/mol. The van der Waals surface area contributed by atoms with Gasteiger partial charge in [0.25, 0.3) is 10.3 Å². The minimum absolute atomic E-state index is 0.0566. The van der Waals surface area contributed by atoms with Crippen LogP contribution < -0.4 is 13.9 Å². The number of aromatic nitrogens is 2. The highest BCUT2D eigenvalue weighted by molar-refractivity contribution is 6.28. The highest BCUT2D eigenvalue weighted by atomic mass is 35.5. The first-order valence-electron chi connectivity index (χ1n) is 10.2. The third kappa shape index (κ3) is 5.83. The maximum Gasteiger partial charge on any atom is 0.275 e. The highest BCUT2D eigenvalue weighted by Gasteiger charge is 2.16. The van der Waals surface area contributed by atoms with Crippen LogP contribution >= 0.6 is 23.2 Å². The molecule has 0 bridgehead atoms. The van der Waals surface area contributed by atoms with Crippen molar-refractivity contribution in [3.63, 3.8) is 0 Å². The molecular formula is C26H20Cl2N2O3+2. The standard InChI is InChI=1S/C26H20Cl2N2O3/c27-25-5-1-3-15-29(25)17-23(31)19-7-11-21(12-8-19)33-22-13-9-20(10-14-22)24(32)18-30-16-4-2-6-26(30)28/h1-16H,17-18H2/q+2. The molecule has 4 aromatic rings. The number of rotatable bonds is 8. The van der Waals surface area contributed by atoms with Gasteiger partial charge in [0.15, 0.2) is 12.4 Å². The first-order valence-corrected chi connectivity index (χ1v) is 11.0. The van der Waals surface area contributed by atoms with Crippen LogP contribution in [0.2, 0.25) is 10.3 Å². The van der Waals surface area contributed by atoms with Crippen LogP contribution in [0.15, 0.2) is 97.3 Å². The summed E-state index contributed by atoms with van der Waals surface area (Å²) in [6.07, 6.45) is 3.53. The van der Waals surface area contributed by atoms with Gasteiger partial charge in [-0.3, -0.25) is 9.59 Å². The molecule has 0 fully saturated rings. The smallest absolute Gasteiger partial charge is 0.275 e. The number of ether oxygens (including phenoxy) is 1. The van der Waals surface area contributed by atoms with Crippen LogP contribution in [0.5, 0.6) is 11.5 Å². The van der Waals surface area contributed by atoms with Crippen LogP contribution in [0.4, 0.5) is 0 Å². The van der Waals surface area contributed by atoms with Crippen molar-refractivity contribution >= 4 is 34.8 Å². The summed E-state index contributed by atoms with van der Waals surface area (Å²) in [6.45, 7) is 0.309. The molecule has 2 heterocycles. The molecule has 164 valence electrons. The highest BCUT2D eigenvalue weighted by Crippen LogP contribution is 2.22. The van der Waals surface area contributed by atoms with E-state index in [9.17, 15) is 9.59 Å². The monoisotopic (exact) mass is 478 g/mol. The van der Waals surface area contributed by atoms with E-state index >= 15 is 0 Å². The van der Waals surface area contributed by atoms with Gasteiger partial charge in [0.2, 0.25) is 24.7 Å². The van der Waals surface area contributed by atoms with E-state index in [1.54, 1.807) is 82.2 Å². The van der Waals surface area contributed by atoms with Crippen LogP contribution in [0.1, 0.15) is 20.7 Å². The molecular weight excluding hydrogens is 459 g/mol. The number of carbonyl (C=O) groups excluding carboxylic acids is 2. The van der Waals surface area contributed by atoms with Gasteiger partial charge in [-0.15, -0.1) is 0 Å². The fraction of sp³-hybridized carbons (Fsp3) is 0.0769. The van der Waals surface area contributed by atoms with Crippen molar-refractivity contribution in [1.82, 2.24) is 0 Å². The number of hydrogen-bond acceptors (Lipinski definition) is 3. The molecule has 0 saturated carbocycles. The van der Waals surface area contributed by atoms with Crippen molar-refractivity contribution < 1.29 is 23.5 Å². The van der Waals surface area contributed by atoms with Crippen LogP contribution in [-0.4, -0.2) is 11.6 Å². The number of ketones is 2. The van der Waals surface area contributed by atoms with E-state index in [1.165, 1.54) is 0 Å². The Balaban J connectivity index is 1.37. The van der Waals surface area contributed by atoms with Crippen LogP contribution in [0.3, 0.4) is 0 Å². The fourth-order valence-corrected chi connectivity index (χ4v) is 3.59. The molecule has 0 aliphatic carbocycles. The Morgan fingerprint density at radius 3 is 1.36 bits per heavy atom. The van der Waals surface area contributed by atoms with E-state index in [-0.39, 0.29) is 24.7 Å². The van der Waals surface area contributed by atoms with E-state index in [2.05, 4.69) is 0 Å². The van der Waals surface area contributed by atoms with Gasteiger partial charge in [0.05, 0.1) is 0 Å². The number of carbonyl (C=O) groups is 2. The number of hydrogen-bond donors (Lipinski definition) is 0.